The summed E-state index contributed by atoms with van der Waals surface area (Å²) < 4.78 is 0. The molecule has 78 valence electrons. The first-order chi connectivity index (χ1) is 6.41. The largest absolute Gasteiger partial charge is 0.127 e. The minimum atomic E-state index is 0.827. The van der Waals surface area contributed by atoms with Crippen LogP contribution in [0, 0.1) is 0 Å². The molecule has 0 aliphatic carbocycles. The summed E-state index contributed by atoms with van der Waals surface area (Å²) in [5.74, 6) is 0.827. The summed E-state index contributed by atoms with van der Waals surface area (Å²) in [6, 6.07) is 0. The summed E-state index contributed by atoms with van der Waals surface area (Å²) in [6.07, 6.45) is 13.6. The first-order valence-corrected chi connectivity index (χ1v) is 6.84. The molecule has 0 fully saturated rings. The normalized spacial score (nSPS) is 11.2. The topological polar surface area (TPSA) is 0 Å². The average molecular weight is 268 g/mol. The molecule has 0 atom stereocenters. The van der Waals surface area contributed by atoms with Crippen LogP contribution in [0.25, 0.3) is 0 Å². The third-order valence-corrected chi connectivity index (χ3v) is 2.65. The minimum Gasteiger partial charge on any atom is -0.127 e. The van der Waals surface area contributed by atoms with Crippen molar-refractivity contribution in [3.8, 4) is 0 Å². The van der Waals surface area contributed by atoms with E-state index in [1.807, 2.05) is 0 Å². The molecule has 0 bridgehead atoms. The molecule has 0 heterocycles. The lowest BCUT2D eigenvalue weighted by molar-refractivity contribution is 0.612. The molecule has 0 N–H and O–H groups in total. The van der Waals surface area contributed by atoms with Crippen molar-refractivity contribution in [1.82, 2.24) is 0 Å². The molecule has 0 aromatic carbocycles. The Bertz CT molecular complexity index is 113. The van der Waals surface area contributed by atoms with Gasteiger partial charge >= 0.3 is 0 Å². The molecule has 0 saturated carbocycles. The highest BCUT2D eigenvalue weighted by atomic mass is 79.9. The zero-order valence-corrected chi connectivity index (χ0v) is 10.6. The standard InChI is InChI=1S/C11H20BrCl/c12-10-8-6-4-2-1-3-5-7-9-11-13/h6,8H,1-5,7,9-11H2. The van der Waals surface area contributed by atoms with Crippen LogP contribution in [0.1, 0.15) is 44.9 Å². The molecule has 0 spiro atoms. The fourth-order valence-corrected chi connectivity index (χ4v) is 1.70. The van der Waals surface area contributed by atoms with E-state index < -0.39 is 0 Å². The number of rotatable bonds is 9. The lowest BCUT2D eigenvalue weighted by Crippen LogP contribution is -1.80. The van der Waals surface area contributed by atoms with E-state index in [9.17, 15) is 0 Å². The first kappa shape index (κ1) is 13.5. The van der Waals surface area contributed by atoms with E-state index in [2.05, 4.69) is 28.1 Å². The van der Waals surface area contributed by atoms with Gasteiger partial charge in [-0.05, 0) is 19.3 Å². The van der Waals surface area contributed by atoms with E-state index in [0.717, 1.165) is 11.2 Å². The third kappa shape index (κ3) is 12.5. The second kappa shape index (κ2) is 12.5. The molecular weight excluding hydrogens is 247 g/mol. The van der Waals surface area contributed by atoms with Crippen LogP contribution in [-0.4, -0.2) is 11.2 Å². The Morgan fingerprint density at radius 1 is 0.846 bits per heavy atom. The van der Waals surface area contributed by atoms with Crippen LogP contribution in [0.15, 0.2) is 12.2 Å². The molecule has 0 aromatic heterocycles. The molecule has 0 amide bonds. The fourth-order valence-electron chi connectivity index (χ4n) is 1.24. The zero-order valence-electron chi connectivity index (χ0n) is 8.27. The van der Waals surface area contributed by atoms with Crippen molar-refractivity contribution >= 4 is 27.5 Å². The number of hydrogen-bond acceptors (Lipinski definition) is 0. The molecule has 0 rings (SSSR count). The van der Waals surface area contributed by atoms with Gasteiger partial charge in [-0.15, -0.1) is 11.6 Å². The maximum atomic E-state index is 5.59. The van der Waals surface area contributed by atoms with E-state index >= 15 is 0 Å². The fraction of sp³-hybridized carbons (Fsp3) is 0.818. The molecule has 0 aliphatic rings. The van der Waals surface area contributed by atoms with Crippen LogP contribution in [0.5, 0.6) is 0 Å². The van der Waals surface area contributed by atoms with Gasteiger partial charge in [0, 0.05) is 11.2 Å². The quantitative estimate of drug-likeness (QED) is 0.316. The highest BCUT2D eigenvalue weighted by Crippen LogP contribution is 2.07. The highest BCUT2D eigenvalue weighted by Gasteiger charge is 1.89. The molecule has 0 nitrogen and oxygen atoms in total. The van der Waals surface area contributed by atoms with Crippen LogP contribution < -0.4 is 0 Å². The number of alkyl halides is 2. The van der Waals surface area contributed by atoms with E-state index in [1.165, 1.54) is 44.9 Å². The Morgan fingerprint density at radius 2 is 1.46 bits per heavy atom. The Labute approximate surface area is 95.9 Å². The molecule has 2 heteroatoms. The molecule has 0 aliphatic heterocycles. The molecule has 13 heavy (non-hydrogen) atoms. The number of hydrogen-bond donors (Lipinski definition) is 0. The van der Waals surface area contributed by atoms with E-state index in [1.54, 1.807) is 0 Å². The molecular formula is C11H20BrCl. The highest BCUT2D eigenvalue weighted by molar-refractivity contribution is 9.09. The lowest BCUT2D eigenvalue weighted by atomic mass is 10.1. The lowest BCUT2D eigenvalue weighted by Gasteiger charge is -1.98. The summed E-state index contributed by atoms with van der Waals surface area (Å²) in [6.45, 7) is 0. The van der Waals surface area contributed by atoms with Crippen molar-refractivity contribution in [3.63, 3.8) is 0 Å². The maximum Gasteiger partial charge on any atom is 0.0223 e. The predicted octanol–water partition coefficient (Wildman–Crippen LogP) is 4.91. The Hall–Kier alpha value is 0.510. The van der Waals surface area contributed by atoms with Gasteiger partial charge in [0.2, 0.25) is 0 Å². The molecule has 0 aromatic rings. The van der Waals surface area contributed by atoms with E-state index in [4.69, 9.17) is 11.6 Å². The zero-order chi connectivity index (χ0) is 9.78. The molecule has 0 radical (unpaired) electrons. The summed E-state index contributed by atoms with van der Waals surface area (Å²) in [4.78, 5) is 0. The van der Waals surface area contributed by atoms with Crippen LogP contribution >= 0.6 is 27.5 Å². The molecule has 0 unspecified atom stereocenters. The SMILES string of the molecule is ClCCCCCCCCC=CCBr. The second-order valence-corrected chi connectivity index (χ2v) is 4.25. The van der Waals surface area contributed by atoms with Gasteiger partial charge in [-0.1, -0.05) is 53.8 Å². The van der Waals surface area contributed by atoms with Gasteiger partial charge in [0.15, 0.2) is 0 Å². The van der Waals surface area contributed by atoms with Gasteiger partial charge in [0.1, 0.15) is 0 Å². The van der Waals surface area contributed by atoms with Crippen LogP contribution in [0.4, 0.5) is 0 Å². The van der Waals surface area contributed by atoms with Gasteiger partial charge in [0.05, 0.1) is 0 Å². The van der Waals surface area contributed by atoms with Crippen molar-refractivity contribution in [2.24, 2.45) is 0 Å². The number of allylic oxidation sites excluding steroid dienone is 2. The number of unbranched alkanes of at least 4 members (excludes halogenated alkanes) is 6. The van der Waals surface area contributed by atoms with Crippen molar-refractivity contribution in [2.45, 2.75) is 44.9 Å². The molecule has 0 saturated heterocycles. The average Bonchev–Trinajstić information content (AvgIpc) is 2.16. The van der Waals surface area contributed by atoms with Crippen LogP contribution in [0.2, 0.25) is 0 Å². The van der Waals surface area contributed by atoms with Crippen LogP contribution in [0.3, 0.4) is 0 Å². The van der Waals surface area contributed by atoms with E-state index in [0.29, 0.717) is 0 Å². The first-order valence-electron chi connectivity index (χ1n) is 5.18. The van der Waals surface area contributed by atoms with Gasteiger partial charge in [0.25, 0.3) is 0 Å². The maximum absolute atomic E-state index is 5.59. The van der Waals surface area contributed by atoms with Crippen molar-refractivity contribution < 1.29 is 0 Å². The third-order valence-electron chi connectivity index (χ3n) is 2.01. The van der Waals surface area contributed by atoms with Crippen molar-refractivity contribution in [1.29, 1.82) is 0 Å². The van der Waals surface area contributed by atoms with Gasteiger partial charge in [-0.2, -0.15) is 0 Å². The smallest absolute Gasteiger partial charge is 0.0223 e. The van der Waals surface area contributed by atoms with Gasteiger partial charge in [-0.3, -0.25) is 0 Å². The minimum absolute atomic E-state index is 0.827. The number of halogens is 2. The summed E-state index contributed by atoms with van der Waals surface area (Å²) in [5, 5.41) is 0.989. The monoisotopic (exact) mass is 266 g/mol. The van der Waals surface area contributed by atoms with Gasteiger partial charge in [-0.25, -0.2) is 0 Å². The summed E-state index contributed by atoms with van der Waals surface area (Å²) in [5.41, 5.74) is 0. The Morgan fingerprint density at radius 3 is 2.08 bits per heavy atom. The van der Waals surface area contributed by atoms with Crippen molar-refractivity contribution in [3.05, 3.63) is 12.2 Å². The Kier molecular flexibility index (Phi) is 13.0. The summed E-state index contributed by atoms with van der Waals surface area (Å²) in [7, 11) is 0. The van der Waals surface area contributed by atoms with E-state index in [-0.39, 0.29) is 0 Å². The predicted molar refractivity (Wildman–Crippen MR) is 66.0 cm³/mol. The summed E-state index contributed by atoms with van der Waals surface area (Å²) >= 11 is 8.95. The van der Waals surface area contributed by atoms with Gasteiger partial charge < -0.3 is 0 Å². The van der Waals surface area contributed by atoms with Crippen LogP contribution in [-0.2, 0) is 0 Å². The Balaban J connectivity index is 2.87. The van der Waals surface area contributed by atoms with Crippen molar-refractivity contribution in [2.75, 3.05) is 11.2 Å². The second-order valence-electron chi connectivity index (χ2n) is 3.22.